The van der Waals surface area contributed by atoms with E-state index in [1.807, 2.05) is 4.68 Å². The van der Waals surface area contributed by atoms with Crippen molar-refractivity contribution in [3.63, 3.8) is 0 Å². The maximum atomic E-state index is 6.24. The fraction of sp³-hybridized carbons (Fsp3) is 0.750. The van der Waals surface area contributed by atoms with Gasteiger partial charge in [0.05, 0.1) is 23.5 Å². The van der Waals surface area contributed by atoms with Gasteiger partial charge in [-0.15, -0.1) is 0 Å². The number of hydrogen-bond acceptors (Lipinski definition) is 2. The molecule has 0 aliphatic heterocycles. The molecule has 0 bridgehead atoms. The minimum Gasteiger partial charge on any atom is -0.329 e. The maximum Gasteiger partial charge on any atom is 0.0820 e. The predicted molar refractivity (Wildman–Crippen MR) is 66.7 cm³/mol. The quantitative estimate of drug-likeness (QED) is 0.827. The van der Waals surface area contributed by atoms with E-state index in [0.29, 0.717) is 12.5 Å². The molecule has 1 aliphatic carbocycles. The molecule has 0 atom stereocenters. The molecule has 0 spiro atoms. The Bertz CT molecular complexity index is 327. The van der Waals surface area contributed by atoms with Crippen LogP contribution in [0.2, 0.25) is 5.02 Å². The summed E-state index contributed by atoms with van der Waals surface area (Å²) in [5, 5.41) is 5.14. The molecule has 0 amide bonds. The van der Waals surface area contributed by atoms with Crippen molar-refractivity contribution in [1.82, 2.24) is 9.78 Å². The molecule has 16 heavy (non-hydrogen) atoms. The Balaban J connectivity index is 2.19. The van der Waals surface area contributed by atoms with Crippen LogP contribution in [0.1, 0.15) is 50.1 Å². The lowest BCUT2D eigenvalue weighted by Gasteiger charge is -2.16. The van der Waals surface area contributed by atoms with E-state index >= 15 is 0 Å². The third-order valence-corrected chi connectivity index (χ3v) is 3.71. The van der Waals surface area contributed by atoms with E-state index in [1.165, 1.54) is 44.2 Å². The molecule has 90 valence electrons. The normalized spacial score (nSPS) is 18.6. The maximum absolute atomic E-state index is 6.24. The van der Waals surface area contributed by atoms with Crippen LogP contribution < -0.4 is 5.73 Å². The Morgan fingerprint density at radius 1 is 1.31 bits per heavy atom. The van der Waals surface area contributed by atoms with Crippen LogP contribution in [0.3, 0.4) is 0 Å². The highest BCUT2D eigenvalue weighted by Gasteiger charge is 2.21. The second-order valence-corrected chi connectivity index (χ2v) is 4.99. The molecule has 1 aromatic rings. The second-order valence-electron chi connectivity index (χ2n) is 4.58. The van der Waals surface area contributed by atoms with Gasteiger partial charge in [-0.3, -0.25) is 4.68 Å². The van der Waals surface area contributed by atoms with Crippen molar-refractivity contribution in [3.8, 4) is 0 Å². The molecule has 0 aromatic carbocycles. The standard InChI is InChI=1S/C12H20ClN3/c13-11-9-15-16(8-7-14)12(11)10-5-3-1-2-4-6-10/h9-10H,1-8,14H2. The van der Waals surface area contributed by atoms with Crippen molar-refractivity contribution >= 4 is 11.6 Å². The van der Waals surface area contributed by atoms with Gasteiger partial charge in [0.25, 0.3) is 0 Å². The molecule has 1 saturated carbocycles. The summed E-state index contributed by atoms with van der Waals surface area (Å²) in [4.78, 5) is 0. The summed E-state index contributed by atoms with van der Waals surface area (Å²) in [6.45, 7) is 1.40. The van der Waals surface area contributed by atoms with Crippen molar-refractivity contribution in [2.45, 2.75) is 51.0 Å². The number of rotatable bonds is 3. The van der Waals surface area contributed by atoms with Crippen molar-refractivity contribution in [1.29, 1.82) is 0 Å². The van der Waals surface area contributed by atoms with E-state index in [0.717, 1.165) is 11.6 Å². The van der Waals surface area contributed by atoms with Gasteiger partial charge in [0.2, 0.25) is 0 Å². The third kappa shape index (κ3) is 2.58. The molecule has 1 heterocycles. The zero-order valence-electron chi connectivity index (χ0n) is 9.66. The lowest BCUT2D eigenvalue weighted by atomic mass is 9.96. The predicted octanol–water partition coefficient (Wildman–Crippen LogP) is 2.93. The number of aromatic nitrogens is 2. The van der Waals surface area contributed by atoms with Gasteiger partial charge in [0.15, 0.2) is 0 Å². The molecule has 2 rings (SSSR count). The first-order chi connectivity index (χ1) is 7.83. The minimum atomic E-state index is 0.587. The topological polar surface area (TPSA) is 43.8 Å². The number of nitrogens with two attached hydrogens (primary N) is 1. The Kier molecular flexibility index (Phi) is 4.24. The summed E-state index contributed by atoms with van der Waals surface area (Å²) in [5.74, 6) is 0.587. The Morgan fingerprint density at radius 3 is 2.62 bits per heavy atom. The Labute approximate surface area is 102 Å². The van der Waals surface area contributed by atoms with E-state index < -0.39 is 0 Å². The molecular weight excluding hydrogens is 222 g/mol. The van der Waals surface area contributed by atoms with Gasteiger partial charge in [-0.05, 0) is 12.8 Å². The molecule has 4 heteroatoms. The van der Waals surface area contributed by atoms with E-state index in [4.69, 9.17) is 17.3 Å². The number of hydrogen-bond donors (Lipinski definition) is 1. The van der Waals surface area contributed by atoms with E-state index in [1.54, 1.807) is 6.20 Å². The van der Waals surface area contributed by atoms with Crippen molar-refractivity contribution in [3.05, 3.63) is 16.9 Å². The summed E-state index contributed by atoms with van der Waals surface area (Å²) in [5.41, 5.74) is 6.81. The van der Waals surface area contributed by atoms with Crippen LogP contribution in [-0.4, -0.2) is 16.3 Å². The fourth-order valence-corrected chi connectivity index (χ4v) is 2.93. The van der Waals surface area contributed by atoms with Crippen LogP contribution in [0.4, 0.5) is 0 Å². The molecule has 1 aromatic heterocycles. The van der Waals surface area contributed by atoms with Gasteiger partial charge >= 0.3 is 0 Å². The van der Waals surface area contributed by atoms with Crippen LogP contribution in [0.25, 0.3) is 0 Å². The summed E-state index contributed by atoms with van der Waals surface area (Å²) < 4.78 is 2.00. The first-order valence-corrected chi connectivity index (χ1v) is 6.62. The molecule has 0 saturated heterocycles. The third-order valence-electron chi connectivity index (χ3n) is 3.42. The van der Waals surface area contributed by atoms with Gasteiger partial charge in [-0.1, -0.05) is 37.3 Å². The van der Waals surface area contributed by atoms with Gasteiger partial charge in [0.1, 0.15) is 0 Å². The molecule has 0 unspecified atom stereocenters. The highest BCUT2D eigenvalue weighted by molar-refractivity contribution is 6.31. The second kappa shape index (κ2) is 5.69. The molecule has 2 N–H and O–H groups in total. The van der Waals surface area contributed by atoms with Gasteiger partial charge in [-0.2, -0.15) is 5.10 Å². The first kappa shape index (κ1) is 11.9. The first-order valence-electron chi connectivity index (χ1n) is 6.24. The van der Waals surface area contributed by atoms with Gasteiger partial charge in [0, 0.05) is 12.5 Å². The van der Waals surface area contributed by atoms with Crippen molar-refractivity contribution in [2.24, 2.45) is 5.73 Å². The summed E-state index contributed by atoms with van der Waals surface area (Å²) in [7, 11) is 0. The molecule has 0 radical (unpaired) electrons. The molecular formula is C12H20ClN3. The van der Waals surface area contributed by atoms with Crippen LogP contribution in [0.5, 0.6) is 0 Å². The highest BCUT2D eigenvalue weighted by Crippen LogP contribution is 2.35. The van der Waals surface area contributed by atoms with Crippen LogP contribution in [0, 0.1) is 0 Å². The van der Waals surface area contributed by atoms with E-state index in [2.05, 4.69) is 5.10 Å². The minimum absolute atomic E-state index is 0.587. The highest BCUT2D eigenvalue weighted by atomic mass is 35.5. The molecule has 1 aliphatic rings. The fourth-order valence-electron chi connectivity index (χ4n) is 2.63. The van der Waals surface area contributed by atoms with E-state index in [-0.39, 0.29) is 0 Å². The Hall–Kier alpha value is -0.540. The number of halogens is 1. The summed E-state index contributed by atoms with van der Waals surface area (Å²) in [6, 6.07) is 0. The SMILES string of the molecule is NCCn1ncc(Cl)c1C1CCCCCC1. The average Bonchev–Trinajstić information content (AvgIpc) is 2.53. The van der Waals surface area contributed by atoms with Crippen LogP contribution in [0.15, 0.2) is 6.20 Å². The molecule has 1 fully saturated rings. The molecule has 3 nitrogen and oxygen atoms in total. The Morgan fingerprint density at radius 2 is 2.00 bits per heavy atom. The smallest absolute Gasteiger partial charge is 0.0820 e. The monoisotopic (exact) mass is 241 g/mol. The summed E-state index contributed by atoms with van der Waals surface area (Å²) >= 11 is 6.24. The van der Waals surface area contributed by atoms with Gasteiger partial charge < -0.3 is 5.73 Å². The zero-order valence-corrected chi connectivity index (χ0v) is 10.4. The lowest BCUT2D eigenvalue weighted by molar-refractivity contribution is 0.509. The van der Waals surface area contributed by atoms with Crippen LogP contribution in [-0.2, 0) is 6.54 Å². The number of nitrogens with zero attached hydrogens (tertiary/aromatic N) is 2. The van der Waals surface area contributed by atoms with Crippen molar-refractivity contribution in [2.75, 3.05) is 6.54 Å². The van der Waals surface area contributed by atoms with E-state index in [9.17, 15) is 0 Å². The van der Waals surface area contributed by atoms with Crippen LogP contribution >= 0.6 is 11.6 Å². The largest absolute Gasteiger partial charge is 0.329 e. The lowest BCUT2D eigenvalue weighted by Crippen LogP contribution is -2.15. The van der Waals surface area contributed by atoms with Crippen molar-refractivity contribution < 1.29 is 0 Å². The van der Waals surface area contributed by atoms with Gasteiger partial charge in [-0.25, -0.2) is 0 Å². The zero-order chi connectivity index (χ0) is 11.4. The average molecular weight is 242 g/mol. The summed E-state index contributed by atoms with van der Waals surface area (Å²) in [6.07, 6.45) is 9.60.